The second-order valence-electron chi connectivity index (χ2n) is 4.05. The van der Waals surface area contributed by atoms with E-state index < -0.39 is 11.9 Å². The quantitative estimate of drug-likeness (QED) is 0.612. The second-order valence-corrected chi connectivity index (χ2v) is 4.05. The molecule has 1 aromatic heterocycles. The number of aromatic carboxylic acids is 2. The summed E-state index contributed by atoms with van der Waals surface area (Å²) in [5.74, 6) is -2.37. The van der Waals surface area contributed by atoms with Crippen LogP contribution >= 0.6 is 0 Å². The van der Waals surface area contributed by atoms with Crippen molar-refractivity contribution in [3.8, 4) is 0 Å². The van der Waals surface area contributed by atoms with Crippen molar-refractivity contribution in [3.05, 3.63) is 22.5 Å². The van der Waals surface area contributed by atoms with Crippen LogP contribution in [0, 0.1) is 13.8 Å². The number of carboxylic acid groups (broad SMARTS) is 2. The van der Waals surface area contributed by atoms with Crippen LogP contribution in [0.3, 0.4) is 0 Å². The molecule has 0 saturated carbocycles. The average molecular weight is 253 g/mol. The van der Waals surface area contributed by atoms with Gasteiger partial charge in [0.1, 0.15) is 6.34 Å². The van der Waals surface area contributed by atoms with Gasteiger partial charge in [-0.25, -0.2) is 14.3 Å². The maximum atomic E-state index is 11.2. The summed E-state index contributed by atoms with van der Waals surface area (Å²) < 4.78 is 1.13. The largest absolute Gasteiger partial charge is 0.478 e. The molecule has 0 fully saturated rings. The van der Waals surface area contributed by atoms with Gasteiger partial charge < -0.3 is 15.1 Å². The maximum Gasteiger partial charge on any atom is 0.354 e. The van der Waals surface area contributed by atoms with Crippen LogP contribution in [-0.2, 0) is 0 Å². The highest BCUT2D eigenvalue weighted by atomic mass is 16.4. The zero-order valence-corrected chi connectivity index (χ0v) is 10.6. The molecular formula is C11H15N3O4. The first-order valence-electron chi connectivity index (χ1n) is 5.16. The van der Waals surface area contributed by atoms with Gasteiger partial charge >= 0.3 is 11.9 Å². The zero-order valence-electron chi connectivity index (χ0n) is 10.6. The van der Waals surface area contributed by atoms with Crippen molar-refractivity contribution in [2.45, 2.75) is 13.8 Å². The molecule has 1 aromatic rings. The fourth-order valence-corrected chi connectivity index (χ4v) is 1.69. The van der Waals surface area contributed by atoms with Crippen molar-refractivity contribution in [2.75, 3.05) is 14.1 Å². The monoisotopic (exact) mass is 253 g/mol. The molecular weight excluding hydrogens is 238 g/mol. The second kappa shape index (κ2) is 4.91. The molecule has 0 bridgehead atoms. The van der Waals surface area contributed by atoms with E-state index in [2.05, 4.69) is 5.10 Å². The van der Waals surface area contributed by atoms with Crippen molar-refractivity contribution >= 4 is 18.3 Å². The van der Waals surface area contributed by atoms with Crippen LogP contribution in [0.5, 0.6) is 0 Å². The molecule has 0 spiro atoms. The molecule has 98 valence electrons. The number of hydrogen-bond donors (Lipinski definition) is 2. The average Bonchev–Trinajstić information content (AvgIpc) is 2.46. The van der Waals surface area contributed by atoms with Crippen LogP contribution in [0.1, 0.15) is 32.1 Å². The molecule has 7 nitrogen and oxygen atoms in total. The third kappa shape index (κ3) is 2.34. The van der Waals surface area contributed by atoms with E-state index in [0.29, 0.717) is 0 Å². The highest BCUT2D eigenvalue weighted by molar-refractivity contribution is 5.97. The molecule has 1 rings (SSSR count). The predicted octanol–water partition coefficient (Wildman–Crippen LogP) is 0.854. The lowest BCUT2D eigenvalue weighted by atomic mass is 10.1. The molecule has 18 heavy (non-hydrogen) atoms. The summed E-state index contributed by atoms with van der Waals surface area (Å²) in [6.07, 6.45) is 1.41. The van der Waals surface area contributed by atoms with E-state index >= 15 is 0 Å². The SMILES string of the molecule is Cc1c(C(=O)O)c(C)n(/N=C/N(C)C)c1C(=O)O. The molecule has 0 radical (unpaired) electrons. The number of hydrogen-bond acceptors (Lipinski definition) is 3. The minimum atomic E-state index is -1.21. The van der Waals surface area contributed by atoms with Crippen LogP contribution < -0.4 is 0 Å². The molecule has 7 heteroatoms. The lowest BCUT2D eigenvalue weighted by Crippen LogP contribution is -2.12. The fraction of sp³-hybridized carbons (Fsp3) is 0.364. The molecule has 0 aliphatic carbocycles. The number of carboxylic acids is 2. The highest BCUT2D eigenvalue weighted by Gasteiger charge is 2.25. The topological polar surface area (TPSA) is 95.1 Å². The molecule has 0 atom stereocenters. The lowest BCUT2D eigenvalue weighted by Gasteiger charge is -2.05. The Morgan fingerprint density at radius 3 is 2.17 bits per heavy atom. The van der Waals surface area contributed by atoms with E-state index in [4.69, 9.17) is 10.2 Å². The molecule has 1 heterocycles. The highest BCUT2D eigenvalue weighted by Crippen LogP contribution is 2.22. The third-order valence-electron chi connectivity index (χ3n) is 2.44. The summed E-state index contributed by atoms with van der Waals surface area (Å²) in [5.41, 5.74) is 0.324. The van der Waals surface area contributed by atoms with E-state index in [1.54, 1.807) is 19.0 Å². The van der Waals surface area contributed by atoms with Gasteiger partial charge in [-0.3, -0.25) is 0 Å². The van der Waals surface area contributed by atoms with E-state index in [9.17, 15) is 9.59 Å². The first-order valence-corrected chi connectivity index (χ1v) is 5.16. The summed E-state index contributed by atoms with van der Waals surface area (Å²) in [6, 6.07) is 0. The summed E-state index contributed by atoms with van der Waals surface area (Å²) in [4.78, 5) is 23.9. The Balaban J connectivity index is 3.53. The van der Waals surface area contributed by atoms with Gasteiger partial charge in [0.2, 0.25) is 0 Å². The van der Waals surface area contributed by atoms with Crippen molar-refractivity contribution in [2.24, 2.45) is 5.10 Å². The van der Waals surface area contributed by atoms with Crippen LogP contribution in [0.2, 0.25) is 0 Å². The van der Waals surface area contributed by atoms with E-state index in [0.717, 1.165) is 4.68 Å². The molecule has 0 aromatic carbocycles. The van der Waals surface area contributed by atoms with Crippen LogP contribution in [0.4, 0.5) is 0 Å². The van der Waals surface area contributed by atoms with Gasteiger partial charge in [0.05, 0.1) is 11.3 Å². The molecule has 2 N–H and O–H groups in total. The Labute approximate surface area is 104 Å². The van der Waals surface area contributed by atoms with Gasteiger partial charge in [0.25, 0.3) is 0 Å². The molecule has 0 aliphatic rings. The first kappa shape index (κ1) is 13.8. The van der Waals surface area contributed by atoms with Crippen LogP contribution in [0.25, 0.3) is 0 Å². The molecule has 0 unspecified atom stereocenters. The van der Waals surface area contributed by atoms with Crippen molar-refractivity contribution in [1.29, 1.82) is 0 Å². The van der Waals surface area contributed by atoms with Gasteiger partial charge in [-0.15, -0.1) is 0 Å². The van der Waals surface area contributed by atoms with Crippen LogP contribution in [0.15, 0.2) is 5.10 Å². The van der Waals surface area contributed by atoms with Crippen molar-refractivity contribution in [3.63, 3.8) is 0 Å². The lowest BCUT2D eigenvalue weighted by molar-refractivity contribution is 0.0682. The van der Waals surface area contributed by atoms with Gasteiger partial charge in [-0.1, -0.05) is 0 Å². The summed E-state index contributed by atoms with van der Waals surface area (Å²) in [5, 5.41) is 22.2. The first-order chi connectivity index (χ1) is 8.27. The number of rotatable bonds is 4. The van der Waals surface area contributed by atoms with E-state index in [-0.39, 0.29) is 22.5 Å². The number of nitrogens with zero attached hydrogens (tertiary/aromatic N) is 3. The Kier molecular flexibility index (Phi) is 3.75. The zero-order chi connectivity index (χ0) is 14.0. The van der Waals surface area contributed by atoms with Gasteiger partial charge in [0.15, 0.2) is 5.69 Å². The molecule has 0 saturated heterocycles. The fourth-order valence-electron chi connectivity index (χ4n) is 1.69. The Morgan fingerprint density at radius 2 is 1.78 bits per heavy atom. The minimum absolute atomic E-state index is 0.0247. The molecule has 0 amide bonds. The maximum absolute atomic E-state index is 11.2. The summed E-state index contributed by atoms with van der Waals surface area (Å²) >= 11 is 0. The molecule has 0 aliphatic heterocycles. The predicted molar refractivity (Wildman–Crippen MR) is 65.4 cm³/mol. The van der Waals surface area contributed by atoms with Gasteiger partial charge in [-0.2, -0.15) is 5.10 Å². The standard InChI is InChI=1S/C11H15N3O4/c1-6-8(10(15)16)7(2)14(9(6)11(17)18)12-5-13(3)4/h5H,1-4H3,(H,15,16)(H,17,18)/b12-5+. The smallest absolute Gasteiger partial charge is 0.354 e. The van der Waals surface area contributed by atoms with Crippen molar-refractivity contribution in [1.82, 2.24) is 9.58 Å². The third-order valence-corrected chi connectivity index (χ3v) is 2.44. The van der Waals surface area contributed by atoms with Gasteiger partial charge in [-0.05, 0) is 19.4 Å². The van der Waals surface area contributed by atoms with E-state index in [1.807, 2.05) is 0 Å². The normalized spacial score (nSPS) is 10.9. The van der Waals surface area contributed by atoms with Crippen LogP contribution in [-0.4, -0.2) is 52.2 Å². The summed E-state index contributed by atoms with van der Waals surface area (Å²) in [7, 11) is 3.46. The number of carbonyl (C=O) groups is 2. The van der Waals surface area contributed by atoms with Gasteiger partial charge in [0, 0.05) is 14.1 Å². The van der Waals surface area contributed by atoms with Crippen molar-refractivity contribution < 1.29 is 19.8 Å². The Hall–Kier alpha value is -2.31. The minimum Gasteiger partial charge on any atom is -0.478 e. The Bertz CT molecular complexity index is 529. The number of aromatic nitrogens is 1. The summed E-state index contributed by atoms with van der Waals surface area (Å²) in [6.45, 7) is 2.98. The Morgan fingerprint density at radius 1 is 1.22 bits per heavy atom. The van der Waals surface area contributed by atoms with E-state index in [1.165, 1.54) is 20.2 Å².